The highest BCUT2D eigenvalue weighted by Gasteiger charge is 2.16. The molecule has 0 aliphatic carbocycles. The third-order valence-corrected chi connectivity index (χ3v) is 3.03. The first kappa shape index (κ1) is 15.8. The molecule has 22 heavy (non-hydrogen) atoms. The van der Waals surface area contributed by atoms with Crippen molar-refractivity contribution in [3.05, 3.63) is 63.2 Å². The lowest BCUT2D eigenvalue weighted by atomic mass is 10.2. The zero-order chi connectivity index (χ0) is 16.1. The molecule has 2 aromatic rings. The van der Waals surface area contributed by atoms with E-state index >= 15 is 0 Å². The van der Waals surface area contributed by atoms with E-state index in [0.717, 1.165) is 5.56 Å². The van der Waals surface area contributed by atoms with E-state index in [4.69, 9.17) is 16.3 Å². The number of anilines is 1. The SMILES string of the molecule is Cc1cccc(OCC(=O)Nc2ccc(Cl)cc2[N+](=O)[O-])c1. The minimum Gasteiger partial charge on any atom is -0.484 e. The molecular weight excluding hydrogens is 308 g/mol. The van der Waals surface area contributed by atoms with Crippen molar-refractivity contribution in [1.29, 1.82) is 0 Å². The lowest BCUT2D eigenvalue weighted by Crippen LogP contribution is -2.20. The van der Waals surface area contributed by atoms with Gasteiger partial charge in [0.1, 0.15) is 11.4 Å². The van der Waals surface area contributed by atoms with Crippen LogP contribution in [0.25, 0.3) is 0 Å². The molecule has 0 radical (unpaired) electrons. The van der Waals surface area contributed by atoms with Gasteiger partial charge < -0.3 is 10.1 Å². The van der Waals surface area contributed by atoms with Crippen LogP contribution < -0.4 is 10.1 Å². The quantitative estimate of drug-likeness (QED) is 0.674. The molecule has 0 unspecified atom stereocenters. The second kappa shape index (κ2) is 6.91. The predicted octanol–water partition coefficient (Wildman–Crippen LogP) is 3.57. The van der Waals surface area contributed by atoms with Crippen molar-refractivity contribution in [2.24, 2.45) is 0 Å². The summed E-state index contributed by atoms with van der Waals surface area (Å²) in [7, 11) is 0. The van der Waals surface area contributed by atoms with E-state index in [0.29, 0.717) is 5.75 Å². The molecule has 0 spiro atoms. The maximum absolute atomic E-state index is 11.8. The number of hydrogen-bond acceptors (Lipinski definition) is 4. The van der Waals surface area contributed by atoms with Crippen molar-refractivity contribution in [3.63, 3.8) is 0 Å². The normalized spacial score (nSPS) is 10.1. The number of ether oxygens (including phenoxy) is 1. The maximum Gasteiger partial charge on any atom is 0.294 e. The molecule has 0 saturated carbocycles. The predicted molar refractivity (Wildman–Crippen MR) is 83.4 cm³/mol. The van der Waals surface area contributed by atoms with Crippen molar-refractivity contribution in [1.82, 2.24) is 0 Å². The second-order valence-corrected chi connectivity index (χ2v) is 5.01. The third-order valence-electron chi connectivity index (χ3n) is 2.79. The van der Waals surface area contributed by atoms with Crippen LogP contribution in [0, 0.1) is 17.0 Å². The Hall–Kier alpha value is -2.60. The Bertz CT molecular complexity index is 718. The molecule has 0 saturated heterocycles. The minimum absolute atomic E-state index is 0.0762. The van der Waals surface area contributed by atoms with E-state index in [1.165, 1.54) is 18.2 Å². The van der Waals surface area contributed by atoms with Gasteiger partial charge in [-0.15, -0.1) is 0 Å². The monoisotopic (exact) mass is 320 g/mol. The molecule has 7 heteroatoms. The number of carbonyl (C=O) groups excluding carboxylic acids is 1. The van der Waals surface area contributed by atoms with Gasteiger partial charge in [-0.1, -0.05) is 23.7 Å². The van der Waals surface area contributed by atoms with Gasteiger partial charge in [0.25, 0.3) is 11.6 Å². The number of halogens is 1. The average molecular weight is 321 g/mol. The van der Waals surface area contributed by atoms with E-state index in [9.17, 15) is 14.9 Å². The molecule has 0 aliphatic heterocycles. The highest BCUT2D eigenvalue weighted by Crippen LogP contribution is 2.27. The van der Waals surface area contributed by atoms with Gasteiger partial charge in [-0.05, 0) is 36.8 Å². The van der Waals surface area contributed by atoms with Gasteiger partial charge in [-0.2, -0.15) is 0 Å². The number of carbonyl (C=O) groups is 1. The molecule has 1 amide bonds. The first-order chi connectivity index (χ1) is 10.5. The molecule has 0 heterocycles. The summed E-state index contributed by atoms with van der Waals surface area (Å²) in [6.07, 6.45) is 0. The smallest absolute Gasteiger partial charge is 0.294 e. The van der Waals surface area contributed by atoms with Crippen LogP contribution in [0.4, 0.5) is 11.4 Å². The highest BCUT2D eigenvalue weighted by molar-refractivity contribution is 6.31. The molecule has 1 N–H and O–H groups in total. The van der Waals surface area contributed by atoms with Crippen molar-refractivity contribution >= 4 is 28.9 Å². The van der Waals surface area contributed by atoms with E-state index in [2.05, 4.69) is 5.32 Å². The Morgan fingerprint density at radius 1 is 1.32 bits per heavy atom. The Balaban J connectivity index is 2.02. The number of hydrogen-bond donors (Lipinski definition) is 1. The number of rotatable bonds is 5. The van der Waals surface area contributed by atoms with Gasteiger partial charge in [0.05, 0.1) is 4.92 Å². The van der Waals surface area contributed by atoms with E-state index in [1.807, 2.05) is 19.1 Å². The zero-order valence-electron chi connectivity index (χ0n) is 11.7. The number of nitrogens with one attached hydrogen (secondary N) is 1. The van der Waals surface area contributed by atoms with Crippen molar-refractivity contribution in [2.75, 3.05) is 11.9 Å². The van der Waals surface area contributed by atoms with Crippen LogP contribution in [0.2, 0.25) is 5.02 Å². The van der Waals surface area contributed by atoms with E-state index < -0.39 is 10.8 Å². The number of nitro groups is 1. The van der Waals surface area contributed by atoms with Gasteiger partial charge in [-0.3, -0.25) is 14.9 Å². The lowest BCUT2D eigenvalue weighted by Gasteiger charge is -2.08. The van der Waals surface area contributed by atoms with Crippen LogP contribution in [-0.4, -0.2) is 17.4 Å². The van der Waals surface area contributed by atoms with Gasteiger partial charge in [0.2, 0.25) is 0 Å². The summed E-state index contributed by atoms with van der Waals surface area (Å²) >= 11 is 5.71. The van der Waals surface area contributed by atoms with Crippen LogP contribution in [0.15, 0.2) is 42.5 Å². The summed E-state index contributed by atoms with van der Waals surface area (Å²) in [5.41, 5.74) is 0.815. The van der Waals surface area contributed by atoms with Crippen molar-refractivity contribution < 1.29 is 14.5 Å². The molecule has 2 aromatic carbocycles. The fourth-order valence-corrected chi connectivity index (χ4v) is 1.97. The Morgan fingerprint density at radius 3 is 2.77 bits per heavy atom. The summed E-state index contributed by atoms with van der Waals surface area (Å²) in [5.74, 6) is 0.0627. The molecule has 2 rings (SSSR count). The first-order valence-electron chi connectivity index (χ1n) is 6.39. The van der Waals surface area contributed by atoms with Gasteiger partial charge in [0, 0.05) is 11.1 Å². The van der Waals surface area contributed by atoms with Crippen molar-refractivity contribution in [3.8, 4) is 5.75 Å². The molecule has 0 aromatic heterocycles. The number of amides is 1. The first-order valence-corrected chi connectivity index (χ1v) is 6.77. The van der Waals surface area contributed by atoms with Crippen LogP contribution in [0.3, 0.4) is 0 Å². The third kappa shape index (κ3) is 4.20. The van der Waals surface area contributed by atoms with Crippen LogP contribution in [-0.2, 0) is 4.79 Å². The summed E-state index contributed by atoms with van der Waals surface area (Å²) in [6.45, 7) is 1.66. The van der Waals surface area contributed by atoms with Crippen LogP contribution in [0.1, 0.15) is 5.56 Å². The maximum atomic E-state index is 11.8. The summed E-state index contributed by atoms with van der Waals surface area (Å²) in [5, 5.41) is 13.6. The molecular formula is C15H13ClN2O4. The topological polar surface area (TPSA) is 81.5 Å². The minimum atomic E-state index is -0.608. The molecule has 0 fully saturated rings. The largest absolute Gasteiger partial charge is 0.484 e. The Kier molecular flexibility index (Phi) is 4.95. The summed E-state index contributed by atoms with van der Waals surface area (Å²) in [4.78, 5) is 22.2. The molecule has 0 bridgehead atoms. The molecule has 6 nitrogen and oxygen atoms in total. The highest BCUT2D eigenvalue weighted by atomic mass is 35.5. The van der Waals surface area contributed by atoms with E-state index in [-0.39, 0.29) is 23.0 Å². The van der Waals surface area contributed by atoms with E-state index in [1.54, 1.807) is 12.1 Å². The average Bonchev–Trinajstić information content (AvgIpc) is 2.47. The number of benzene rings is 2. The summed E-state index contributed by atoms with van der Waals surface area (Å²) < 4.78 is 5.34. The zero-order valence-corrected chi connectivity index (χ0v) is 12.5. The Labute approximate surface area is 131 Å². The van der Waals surface area contributed by atoms with Gasteiger partial charge in [0.15, 0.2) is 6.61 Å². The van der Waals surface area contributed by atoms with Crippen molar-refractivity contribution in [2.45, 2.75) is 6.92 Å². The Morgan fingerprint density at radius 2 is 2.09 bits per heavy atom. The number of nitro benzene ring substituents is 1. The summed E-state index contributed by atoms with van der Waals surface area (Å²) in [6, 6.07) is 11.3. The molecule has 0 aliphatic rings. The van der Waals surface area contributed by atoms with Gasteiger partial charge >= 0.3 is 0 Å². The standard InChI is InChI=1S/C15H13ClN2O4/c1-10-3-2-4-12(7-10)22-9-15(19)17-13-6-5-11(16)8-14(13)18(20)21/h2-8H,9H2,1H3,(H,17,19). The molecule has 114 valence electrons. The second-order valence-electron chi connectivity index (χ2n) is 4.57. The number of aryl methyl sites for hydroxylation is 1. The van der Waals surface area contributed by atoms with Gasteiger partial charge in [-0.25, -0.2) is 0 Å². The number of nitrogens with zero attached hydrogens (tertiary/aromatic N) is 1. The lowest BCUT2D eigenvalue weighted by molar-refractivity contribution is -0.383. The fraction of sp³-hybridized carbons (Fsp3) is 0.133. The molecule has 0 atom stereocenters. The van der Waals surface area contributed by atoms with Crippen LogP contribution in [0.5, 0.6) is 5.75 Å². The van der Waals surface area contributed by atoms with Crippen LogP contribution >= 0.6 is 11.6 Å². The fourth-order valence-electron chi connectivity index (χ4n) is 1.80.